The first-order valence-corrected chi connectivity index (χ1v) is 12.1. The predicted molar refractivity (Wildman–Crippen MR) is 132 cm³/mol. The van der Waals surface area contributed by atoms with Crippen molar-refractivity contribution in [3.8, 4) is 5.75 Å². The van der Waals surface area contributed by atoms with E-state index in [1.807, 2.05) is 18.7 Å². The van der Waals surface area contributed by atoms with E-state index in [2.05, 4.69) is 42.6 Å². The number of rotatable bonds is 6. The number of carbonyl (C=O) groups is 2. The molecule has 172 valence electrons. The second kappa shape index (κ2) is 9.79. The molecule has 0 unspecified atom stereocenters. The number of aryl methyl sites for hydroxylation is 1. The normalized spacial score (nSPS) is 15.3. The van der Waals surface area contributed by atoms with Gasteiger partial charge in [0, 0.05) is 23.0 Å². The molecule has 2 aromatic carbocycles. The molecule has 0 fully saturated rings. The van der Waals surface area contributed by atoms with Crippen LogP contribution in [0.15, 0.2) is 60.0 Å². The average Bonchev–Trinajstić information content (AvgIpc) is 3.31. The van der Waals surface area contributed by atoms with E-state index < -0.39 is 0 Å². The summed E-state index contributed by atoms with van der Waals surface area (Å²) < 4.78 is 5.27. The van der Waals surface area contributed by atoms with Gasteiger partial charge in [-0.2, -0.15) is 0 Å². The number of thiophene rings is 1. The Labute approximate surface area is 199 Å². The monoisotopic (exact) mass is 462 g/mol. The Kier molecular flexibility index (Phi) is 6.84. The second-order valence-electron chi connectivity index (χ2n) is 8.71. The van der Waals surface area contributed by atoms with Crippen LogP contribution in [0.3, 0.4) is 0 Å². The molecule has 2 heterocycles. The third-order valence-electron chi connectivity index (χ3n) is 6.19. The fourth-order valence-corrected chi connectivity index (χ4v) is 5.24. The zero-order chi connectivity index (χ0) is 23.5. The summed E-state index contributed by atoms with van der Waals surface area (Å²) in [6.07, 6.45) is 0.840. The SMILES string of the molecule is COc1cccc(C(=O)N(CC(=O)N2CCc3sccc3[C@@H]2c2ccc(C)cc2)C(C)C)c1. The summed E-state index contributed by atoms with van der Waals surface area (Å²) in [6.45, 7) is 6.62. The van der Waals surface area contributed by atoms with Gasteiger partial charge in [0.2, 0.25) is 5.91 Å². The number of nitrogens with zero attached hydrogens (tertiary/aromatic N) is 2. The number of carbonyl (C=O) groups excluding carboxylic acids is 2. The molecule has 0 bridgehead atoms. The minimum absolute atomic E-state index is 0.0372. The molecule has 1 atom stereocenters. The van der Waals surface area contributed by atoms with Gasteiger partial charge in [-0.15, -0.1) is 11.3 Å². The highest BCUT2D eigenvalue weighted by Crippen LogP contribution is 2.38. The summed E-state index contributed by atoms with van der Waals surface area (Å²) in [6, 6.07) is 17.4. The first-order chi connectivity index (χ1) is 15.9. The quantitative estimate of drug-likeness (QED) is 0.513. The molecule has 1 aromatic heterocycles. The zero-order valence-electron chi connectivity index (χ0n) is 19.6. The molecular weight excluding hydrogens is 432 g/mol. The van der Waals surface area contributed by atoms with Crippen LogP contribution in [0.5, 0.6) is 5.75 Å². The highest BCUT2D eigenvalue weighted by Gasteiger charge is 2.34. The van der Waals surface area contributed by atoms with E-state index >= 15 is 0 Å². The summed E-state index contributed by atoms with van der Waals surface area (Å²) in [5.74, 6) is 0.413. The Morgan fingerprint density at radius 2 is 1.91 bits per heavy atom. The van der Waals surface area contributed by atoms with Crippen molar-refractivity contribution in [2.45, 2.75) is 39.3 Å². The van der Waals surface area contributed by atoms with Gasteiger partial charge in [-0.1, -0.05) is 35.9 Å². The Bertz CT molecular complexity index is 1140. The molecule has 0 saturated carbocycles. The number of ether oxygens (including phenoxy) is 1. The number of hydrogen-bond donors (Lipinski definition) is 0. The highest BCUT2D eigenvalue weighted by atomic mass is 32.1. The van der Waals surface area contributed by atoms with Gasteiger partial charge in [0.1, 0.15) is 12.3 Å². The van der Waals surface area contributed by atoms with Crippen LogP contribution in [0.2, 0.25) is 0 Å². The Balaban J connectivity index is 1.62. The molecule has 0 aliphatic carbocycles. The summed E-state index contributed by atoms with van der Waals surface area (Å²) >= 11 is 1.75. The van der Waals surface area contributed by atoms with Crippen molar-refractivity contribution in [1.82, 2.24) is 9.80 Å². The Hall–Kier alpha value is -3.12. The third kappa shape index (κ3) is 4.81. The van der Waals surface area contributed by atoms with Crippen molar-refractivity contribution < 1.29 is 14.3 Å². The zero-order valence-corrected chi connectivity index (χ0v) is 20.4. The fourth-order valence-electron chi connectivity index (χ4n) is 4.34. The van der Waals surface area contributed by atoms with Gasteiger partial charge >= 0.3 is 0 Å². The fraction of sp³-hybridized carbons (Fsp3) is 0.333. The van der Waals surface area contributed by atoms with E-state index in [4.69, 9.17) is 4.74 Å². The van der Waals surface area contributed by atoms with Gasteiger partial charge in [-0.05, 0) is 68.0 Å². The summed E-state index contributed by atoms with van der Waals surface area (Å²) in [7, 11) is 1.58. The molecule has 5 nitrogen and oxygen atoms in total. The van der Waals surface area contributed by atoms with Crippen molar-refractivity contribution in [3.63, 3.8) is 0 Å². The van der Waals surface area contributed by atoms with Gasteiger partial charge < -0.3 is 14.5 Å². The number of methoxy groups -OCH3 is 1. The van der Waals surface area contributed by atoms with Gasteiger partial charge in [-0.25, -0.2) is 0 Å². The Morgan fingerprint density at radius 3 is 2.61 bits per heavy atom. The highest BCUT2D eigenvalue weighted by molar-refractivity contribution is 7.10. The van der Waals surface area contributed by atoms with Gasteiger partial charge in [0.25, 0.3) is 5.91 Å². The van der Waals surface area contributed by atoms with Crippen molar-refractivity contribution >= 4 is 23.2 Å². The van der Waals surface area contributed by atoms with Crippen LogP contribution in [0, 0.1) is 6.92 Å². The van der Waals surface area contributed by atoms with Crippen LogP contribution in [0.4, 0.5) is 0 Å². The lowest BCUT2D eigenvalue weighted by Crippen LogP contribution is -2.48. The van der Waals surface area contributed by atoms with Crippen molar-refractivity contribution in [1.29, 1.82) is 0 Å². The predicted octanol–water partition coefficient (Wildman–Crippen LogP) is 5.09. The molecular formula is C27H30N2O3S. The lowest BCUT2D eigenvalue weighted by molar-refractivity contribution is -0.134. The van der Waals surface area contributed by atoms with Crippen LogP contribution >= 0.6 is 11.3 Å². The standard InChI is InChI=1S/C27H30N2O3S/c1-18(2)29(27(31)21-6-5-7-22(16-21)32-4)17-25(30)28-14-12-24-23(13-15-33-24)26(28)20-10-8-19(3)9-11-20/h5-11,13,15-16,18,26H,12,14,17H2,1-4H3/t26-/m0/s1. The summed E-state index contributed by atoms with van der Waals surface area (Å²) in [4.78, 5) is 31.9. The van der Waals surface area contributed by atoms with E-state index in [9.17, 15) is 9.59 Å². The molecule has 0 N–H and O–H groups in total. The molecule has 1 aliphatic heterocycles. The van der Waals surface area contributed by atoms with Crippen molar-refractivity contribution in [2.75, 3.05) is 20.2 Å². The minimum atomic E-state index is -0.169. The van der Waals surface area contributed by atoms with Gasteiger partial charge in [-0.3, -0.25) is 9.59 Å². The van der Waals surface area contributed by atoms with E-state index in [1.165, 1.54) is 16.0 Å². The number of fused-ring (bicyclic) bond motifs is 1. The molecule has 0 spiro atoms. The van der Waals surface area contributed by atoms with Crippen molar-refractivity contribution in [3.05, 3.63) is 87.1 Å². The first-order valence-electron chi connectivity index (χ1n) is 11.3. The largest absolute Gasteiger partial charge is 0.497 e. The number of hydrogen-bond acceptors (Lipinski definition) is 4. The molecule has 33 heavy (non-hydrogen) atoms. The van der Waals surface area contributed by atoms with Crippen LogP contribution in [0.25, 0.3) is 0 Å². The first kappa shape index (κ1) is 23.1. The molecule has 0 radical (unpaired) electrons. The van der Waals surface area contributed by atoms with Crippen LogP contribution in [0.1, 0.15) is 51.8 Å². The van der Waals surface area contributed by atoms with Gasteiger partial charge in [0.05, 0.1) is 13.2 Å². The second-order valence-corrected chi connectivity index (χ2v) is 9.71. The maximum Gasteiger partial charge on any atom is 0.254 e. The van der Waals surface area contributed by atoms with Gasteiger partial charge in [0.15, 0.2) is 0 Å². The molecule has 2 amide bonds. The van der Waals surface area contributed by atoms with Crippen LogP contribution in [-0.4, -0.2) is 47.9 Å². The maximum absolute atomic E-state index is 13.7. The minimum Gasteiger partial charge on any atom is -0.497 e. The summed E-state index contributed by atoms with van der Waals surface area (Å²) in [5, 5.41) is 2.10. The molecule has 1 aliphatic rings. The van der Waals surface area contributed by atoms with Crippen LogP contribution in [-0.2, 0) is 11.2 Å². The summed E-state index contributed by atoms with van der Waals surface area (Å²) in [5.41, 5.74) is 4.00. The van der Waals surface area contributed by atoms with Crippen molar-refractivity contribution in [2.24, 2.45) is 0 Å². The Morgan fingerprint density at radius 1 is 1.15 bits per heavy atom. The van der Waals surface area contributed by atoms with E-state index in [0.717, 1.165) is 12.0 Å². The lowest BCUT2D eigenvalue weighted by atomic mass is 9.92. The smallest absolute Gasteiger partial charge is 0.254 e. The molecule has 6 heteroatoms. The average molecular weight is 463 g/mol. The van der Waals surface area contributed by atoms with E-state index in [-0.39, 0.29) is 30.4 Å². The van der Waals surface area contributed by atoms with E-state index in [0.29, 0.717) is 17.9 Å². The third-order valence-corrected chi connectivity index (χ3v) is 7.18. The van der Waals surface area contributed by atoms with Crippen LogP contribution < -0.4 is 4.74 Å². The molecule has 4 rings (SSSR count). The topological polar surface area (TPSA) is 49.9 Å². The molecule has 3 aromatic rings. The lowest BCUT2D eigenvalue weighted by Gasteiger charge is -2.38. The maximum atomic E-state index is 13.7. The number of benzene rings is 2. The van der Waals surface area contributed by atoms with E-state index in [1.54, 1.807) is 47.6 Å². The molecule has 0 saturated heterocycles. The number of amides is 2.